The summed E-state index contributed by atoms with van der Waals surface area (Å²) < 4.78 is 5.18. The summed E-state index contributed by atoms with van der Waals surface area (Å²) in [5.74, 6) is 1.02. The number of ether oxygens (including phenoxy) is 1. The third-order valence-corrected chi connectivity index (χ3v) is 6.21. The molecular formula is C20H25N3O3S. The molecule has 2 atom stereocenters. The van der Waals surface area contributed by atoms with Gasteiger partial charge >= 0.3 is 0 Å². The molecule has 1 aromatic heterocycles. The standard InChI is InChI=1S/C20H25N3O3S/c1-12-11-23(14(3)24)10-9-17(12)22-19(25)18-13(2)21-20(27-18)15-5-7-16(26-4)8-6-15/h5-8,12,17H,9-11H2,1-4H3,(H,22,25). The molecule has 1 saturated heterocycles. The summed E-state index contributed by atoms with van der Waals surface area (Å²) in [4.78, 5) is 31.4. The Morgan fingerprint density at radius 3 is 2.59 bits per heavy atom. The van der Waals surface area contributed by atoms with Crippen molar-refractivity contribution in [3.63, 3.8) is 0 Å². The van der Waals surface area contributed by atoms with E-state index in [0.717, 1.165) is 28.4 Å². The van der Waals surface area contributed by atoms with Crippen LogP contribution in [-0.4, -0.2) is 47.9 Å². The summed E-state index contributed by atoms with van der Waals surface area (Å²) >= 11 is 1.40. The molecule has 2 amide bonds. The van der Waals surface area contributed by atoms with Crippen LogP contribution in [0.4, 0.5) is 0 Å². The van der Waals surface area contributed by atoms with Gasteiger partial charge in [0.1, 0.15) is 15.6 Å². The maximum Gasteiger partial charge on any atom is 0.263 e. The van der Waals surface area contributed by atoms with Crippen molar-refractivity contribution in [2.45, 2.75) is 33.2 Å². The molecule has 0 spiro atoms. The van der Waals surface area contributed by atoms with Crippen LogP contribution < -0.4 is 10.1 Å². The van der Waals surface area contributed by atoms with Crippen LogP contribution in [0, 0.1) is 12.8 Å². The monoisotopic (exact) mass is 387 g/mol. The predicted molar refractivity (Wildman–Crippen MR) is 106 cm³/mol. The molecule has 144 valence electrons. The largest absolute Gasteiger partial charge is 0.497 e. The molecule has 27 heavy (non-hydrogen) atoms. The number of aromatic nitrogens is 1. The van der Waals surface area contributed by atoms with E-state index in [2.05, 4.69) is 17.2 Å². The van der Waals surface area contributed by atoms with Gasteiger partial charge in [0.25, 0.3) is 5.91 Å². The van der Waals surface area contributed by atoms with Crippen molar-refractivity contribution in [2.24, 2.45) is 5.92 Å². The first-order chi connectivity index (χ1) is 12.9. The number of hydrogen-bond donors (Lipinski definition) is 1. The molecule has 1 fully saturated rings. The maximum absolute atomic E-state index is 12.8. The van der Waals surface area contributed by atoms with Crippen molar-refractivity contribution in [2.75, 3.05) is 20.2 Å². The van der Waals surface area contributed by atoms with E-state index in [-0.39, 0.29) is 23.8 Å². The van der Waals surface area contributed by atoms with Crippen LogP contribution >= 0.6 is 11.3 Å². The van der Waals surface area contributed by atoms with Gasteiger partial charge in [0.05, 0.1) is 12.8 Å². The minimum absolute atomic E-state index is 0.0686. The number of benzene rings is 1. The van der Waals surface area contributed by atoms with E-state index >= 15 is 0 Å². The number of thiazole rings is 1. The van der Waals surface area contributed by atoms with Crippen molar-refractivity contribution in [1.82, 2.24) is 15.2 Å². The topological polar surface area (TPSA) is 71.5 Å². The number of aryl methyl sites for hydroxylation is 1. The van der Waals surface area contributed by atoms with Gasteiger partial charge in [0.2, 0.25) is 5.91 Å². The zero-order chi connectivity index (χ0) is 19.6. The van der Waals surface area contributed by atoms with Gasteiger partial charge in [-0.15, -0.1) is 11.3 Å². The molecule has 3 rings (SSSR count). The van der Waals surface area contributed by atoms with Crippen molar-refractivity contribution in [3.05, 3.63) is 34.8 Å². The highest BCUT2D eigenvalue weighted by Gasteiger charge is 2.29. The van der Waals surface area contributed by atoms with Gasteiger partial charge in [-0.3, -0.25) is 9.59 Å². The summed E-state index contributed by atoms with van der Waals surface area (Å²) in [6.07, 6.45) is 0.773. The Morgan fingerprint density at radius 2 is 2.00 bits per heavy atom. The Hall–Kier alpha value is -2.41. The predicted octanol–water partition coefficient (Wildman–Crippen LogP) is 3.11. The fraction of sp³-hybridized carbons (Fsp3) is 0.450. The molecule has 1 N–H and O–H groups in total. The second-order valence-electron chi connectivity index (χ2n) is 6.97. The van der Waals surface area contributed by atoms with E-state index in [1.54, 1.807) is 14.0 Å². The highest BCUT2D eigenvalue weighted by Crippen LogP contribution is 2.29. The molecule has 2 unspecified atom stereocenters. The zero-order valence-corrected chi connectivity index (χ0v) is 16.9. The molecule has 0 bridgehead atoms. The molecule has 6 nitrogen and oxygen atoms in total. The average molecular weight is 388 g/mol. The van der Waals surface area contributed by atoms with E-state index in [1.165, 1.54) is 11.3 Å². The Morgan fingerprint density at radius 1 is 1.30 bits per heavy atom. The van der Waals surface area contributed by atoms with Crippen LogP contribution in [0.25, 0.3) is 10.6 Å². The van der Waals surface area contributed by atoms with E-state index < -0.39 is 0 Å². The van der Waals surface area contributed by atoms with Crippen LogP contribution in [0.15, 0.2) is 24.3 Å². The third kappa shape index (κ3) is 4.30. The number of amides is 2. The van der Waals surface area contributed by atoms with E-state index in [1.807, 2.05) is 36.1 Å². The highest BCUT2D eigenvalue weighted by atomic mass is 32.1. The number of piperidine rings is 1. The number of methoxy groups -OCH3 is 1. The summed E-state index contributed by atoms with van der Waals surface area (Å²) in [6, 6.07) is 7.72. The first-order valence-electron chi connectivity index (χ1n) is 9.07. The van der Waals surface area contributed by atoms with E-state index in [0.29, 0.717) is 18.0 Å². The Bertz CT molecular complexity index is 831. The number of rotatable bonds is 4. The van der Waals surface area contributed by atoms with Gasteiger partial charge in [-0.05, 0) is 43.5 Å². The minimum Gasteiger partial charge on any atom is -0.497 e. The van der Waals surface area contributed by atoms with E-state index in [9.17, 15) is 9.59 Å². The van der Waals surface area contributed by atoms with E-state index in [4.69, 9.17) is 4.74 Å². The Labute approximate surface area is 163 Å². The molecule has 2 heterocycles. The average Bonchev–Trinajstić information content (AvgIpc) is 3.05. The lowest BCUT2D eigenvalue weighted by Crippen LogP contribution is -2.51. The molecule has 0 aliphatic carbocycles. The van der Waals surface area contributed by atoms with Crippen molar-refractivity contribution in [3.8, 4) is 16.3 Å². The van der Waals surface area contributed by atoms with Gasteiger partial charge in [-0.2, -0.15) is 0 Å². The normalized spacial score (nSPS) is 19.6. The first-order valence-corrected chi connectivity index (χ1v) is 9.89. The molecule has 7 heteroatoms. The smallest absolute Gasteiger partial charge is 0.263 e. The molecule has 2 aromatic rings. The van der Waals surface area contributed by atoms with Gasteiger partial charge in [-0.25, -0.2) is 4.98 Å². The third-order valence-electron chi connectivity index (χ3n) is 5.01. The van der Waals surface area contributed by atoms with Crippen molar-refractivity contribution in [1.29, 1.82) is 0 Å². The Kier molecular flexibility index (Phi) is 5.79. The van der Waals surface area contributed by atoms with Gasteiger partial charge in [-0.1, -0.05) is 6.92 Å². The number of carbonyl (C=O) groups excluding carboxylic acids is 2. The summed E-state index contributed by atoms with van der Waals surface area (Å²) in [7, 11) is 1.63. The summed E-state index contributed by atoms with van der Waals surface area (Å²) in [5.41, 5.74) is 1.70. The number of nitrogens with zero attached hydrogens (tertiary/aromatic N) is 2. The number of nitrogens with one attached hydrogen (secondary N) is 1. The highest BCUT2D eigenvalue weighted by molar-refractivity contribution is 7.17. The Balaban J connectivity index is 1.70. The van der Waals surface area contributed by atoms with Gasteiger partial charge in [0, 0.05) is 31.6 Å². The molecular weight excluding hydrogens is 362 g/mol. The molecule has 0 saturated carbocycles. The van der Waals surface area contributed by atoms with Crippen molar-refractivity contribution < 1.29 is 14.3 Å². The van der Waals surface area contributed by atoms with Gasteiger partial charge in [0.15, 0.2) is 0 Å². The summed E-state index contributed by atoms with van der Waals surface area (Å²) in [5, 5.41) is 3.96. The van der Waals surface area contributed by atoms with Crippen molar-refractivity contribution >= 4 is 23.2 Å². The van der Waals surface area contributed by atoms with Crippen LogP contribution in [0.1, 0.15) is 35.6 Å². The quantitative estimate of drug-likeness (QED) is 0.875. The second-order valence-corrected chi connectivity index (χ2v) is 7.97. The fourth-order valence-electron chi connectivity index (χ4n) is 3.34. The SMILES string of the molecule is COc1ccc(-c2nc(C)c(C(=O)NC3CCN(C(C)=O)CC3C)s2)cc1. The fourth-order valence-corrected chi connectivity index (χ4v) is 4.32. The minimum atomic E-state index is -0.0853. The van der Waals surface area contributed by atoms with Gasteiger partial charge < -0.3 is 15.0 Å². The lowest BCUT2D eigenvalue weighted by Gasteiger charge is -2.36. The molecule has 1 aromatic carbocycles. The molecule has 1 aliphatic heterocycles. The van der Waals surface area contributed by atoms with Crippen LogP contribution in [-0.2, 0) is 4.79 Å². The number of likely N-dealkylation sites (tertiary alicyclic amines) is 1. The summed E-state index contributed by atoms with van der Waals surface area (Å²) in [6.45, 7) is 6.89. The van der Waals surface area contributed by atoms with Crippen LogP contribution in [0.5, 0.6) is 5.75 Å². The molecule has 0 radical (unpaired) electrons. The first kappa shape index (κ1) is 19.4. The number of hydrogen-bond acceptors (Lipinski definition) is 5. The second kappa shape index (κ2) is 8.08. The lowest BCUT2D eigenvalue weighted by atomic mass is 9.93. The lowest BCUT2D eigenvalue weighted by molar-refractivity contribution is -0.130. The number of carbonyl (C=O) groups is 2. The zero-order valence-electron chi connectivity index (χ0n) is 16.1. The van der Waals surface area contributed by atoms with Crippen LogP contribution in [0.3, 0.4) is 0 Å². The maximum atomic E-state index is 12.8. The van der Waals surface area contributed by atoms with Crippen LogP contribution in [0.2, 0.25) is 0 Å². The molecule has 1 aliphatic rings.